The van der Waals surface area contributed by atoms with Crippen molar-refractivity contribution in [1.29, 1.82) is 0 Å². The molecule has 3 aliphatic rings. The molecular weight excluding hydrogens is 639 g/mol. The van der Waals surface area contributed by atoms with Gasteiger partial charge in [0.25, 0.3) is 0 Å². The van der Waals surface area contributed by atoms with E-state index >= 15 is 0 Å². The van der Waals surface area contributed by atoms with Crippen LogP contribution >= 0.6 is 0 Å². The summed E-state index contributed by atoms with van der Waals surface area (Å²) in [6.45, 7) is 4.75. The number of anilines is 3. The van der Waals surface area contributed by atoms with Crippen LogP contribution in [0.2, 0.25) is 0 Å². The first-order chi connectivity index (χ1) is 26.1. The third kappa shape index (κ3) is 3.92. The summed E-state index contributed by atoms with van der Waals surface area (Å²) in [5.74, 6) is 0. The Morgan fingerprint density at radius 1 is 0.302 bits per heavy atom. The van der Waals surface area contributed by atoms with Crippen LogP contribution in [0.15, 0.2) is 188 Å². The van der Waals surface area contributed by atoms with Gasteiger partial charge >= 0.3 is 0 Å². The van der Waals surface area contributed by atoms with Crippen molar-refractivity contribution in [2.75, 3.05) is 4.90 Å². The summed E-state index contributed by atoms with van der Waals surface area (Å²) in [5.41, 5.74) is 21.4. The van der Waals surface area contributed by atoms with Crippen molar-refractivity contribution in [3.05, 3.63) is 221 Å². The van der Waals surface area contributed by atoms with Crippen LogP contribution in [-0.2, 0) is 10.8 Å². The van der Waals surface area contributed by atoms with Gasteiger partial charge in [-0.25, -0.2) is 0 Å². The van der Waals surface area contributed by atoms with E-state index in [1.807, 2.05) is 0 Å². The minimum absolute atomic E-state index is 0.126. The summed E-state index contributed by atoms with van der Waals surface area (Å²) in [7, 11) is 0. The molecule has 0 amide bonds. The summed E-state index contributed by atoms with van der Waals surface area (Å²) in [6.07, 6.45) is 0. The molecule has 250 valence electrons. The Morgan fingerprint density at radius 2 is 0.698 bits per heavy atom. The van der Waals surface area contributed by atoms with Crippen LogP contribution in [0.5, 0.6) is 0 Å². The average molecular weight is 676 g/mol. The molecule has 0 saturated carbocycles. The van der Waals surface area contributed by atoms with Gasteiger partial charge in [-0.1, -0.05) is 184 Å². The normalized spacial score (nSPS) is 14.5. The Kier molecular flexibility index (Phi) is 6.29. The van der Waals surface area contributed by atoms with Crippen LogP contribution < -0.4 is 4.90 Å². The van der Waals surface area contributed by atoms with Crippen molar-refractivity contribution in [2.24, 2.45) is 0 Å². The van der Waals surface area contributed by atoms with Gasteiger partial charge in [0.2, 0.25) is 0 Å². The molecule has 0 aliphatic heterocycles. The topological polar surface area (TPSA) is 3.24 Å². The molecule has 1 heteroatoms. The second-order valence-corrected chi connectivity index (χ2v) is 15.2. The number of rotatable bonds is 4. The highest BCUT2D eigenvalue weighted by Crippen LogP contribution is 2.65. The second kappa shape index (κ2) is 11.0. The first-order valence-corrected chi connectivity index (χ1v) is 18.7. The fourth-order valence-corrected chi connectivity index (χ4v) is 10.2. The van der Waals surface area contributed by atoms with Crippen molar-refractivity contribution in [3.63, 3.8) is 0 Å². The summed E-state index contributed by atoms with van der Waals surface area (Å²) in [4.78, 5) is 2.58. The summed E-state index contributed by atoms with van der Waals surface area (Å²) >= 11 is 0. The lowest BCUT2D eigenvalue weighted by Crippen LogP contribution is -2.26. The molecule has 8 aromatic carbocycles. The Balaban J connectivity index is 1.28. The summed E-state index contributed by atoms with van der Waals surface area (Å²) in [5, 5.41) is 0. The molecule has 0 heterocycles. The summed E-state index contributed by atoms with van der Waals surface area (Å²) < 4.78 is 0. The number of benzene rings is 8. The maximum atomic E-state index is 2.58. The van der Waals surface area contributed by atoms with Crippen molar-refractivity contribution in [2.45, 2.75) is 24.7 Å². The molecule has 11 rings (SSSR count). The minimum Gasteiger partial charge on any atom is -0.309 e. The van der Waals surface area contributed by atoms with Gasteiger partial charge in [0.1, 0.15) is 0 Å². The molecule has 1 nitrogen and oxygen atoms in total. The Labute approximate surface area is 311 Å². The zero-order chi connectivity index (χ0) is 35.3. The van der Waals surface area contributed by atoms with Crippen molar-refractivity contribution >= 4 is 17.1 Å². The van der Waals surface area contributed by atoms with Crippen LogP contribution in [0, 0.1) is 0 Å². The van der Waals surface area contributed by atoms with Gasteiger partial charge < -0.3 is 4.90 Å². The molecule has 0 saturated heterocycles. The maximum Gasteiger partial charge on any atom is 0.0726 e. The molecule has 0 atom stereocenters. The highest BCUT2D eigenvalue weighted by Gasteiger charge is 2.52. The number of hydrogen-bond donors (Lipinski definition) is 0. The molecule has 0 unspecified atom stereocenters. The van der Waals surface area contributed by atoms with Gasteiger partial charge in [0.05, 0.1) is 22.5 Å². The number of nitrogens with zero attached hydrogens (tertiary/aromatic N) is 1. The van der Waals surface area contributed by atoms with Gasteiger partial charge in [-0.05, 0) is 79.4 Å². The van der Waals surface area contributed by atoms with Crippen LogP contribution in [0.3, 0.4) is 0 Å². The third-order valence-electron chi connectivity index (χ3n) is 12.3. The quantitative estimate of drug-likeness (QED) is 0.179. The smallest absolute Gasteiger partial charge is 0.0726 e. The molecule has 8 aromatic rings. The van der Waals surface area contributed by atoms with Crippen molar-refractivity contribution < 1.29 is 0 Å². The van der Waals surface area contributed by atoms with E-state index in [0.29, 0.717) is 0 Å². The fraction of sp³-hybridized carbons (Fsp3) is 0.0769. The molecule has 0 aromatic heterocycles. The van der Waals surface area contributed by atoms with Crippen LogP contribution in [-0.4, -0.2) is 0 Å². The fourth-order valence-electron chi connectivity index (χ4n) is 10.2. The summed E-state index contributed by atoms with van der Waals surface area (Å²) in [6, 6.07) is 70.1. The van der Waals surface area contributed by atoms with Gasteiger partial charge in [0.15, 0.2) is 0 Å². The van der Waals surface area contributed by atoms with E-state index in [-0.39, 0.29) is 5.41 Å². The van der Waals surface area contributed by atoms with E-state index in [1.165, 1.54) is 89.3 Å². The number of fused-ring (bicyclic) bond motifs is 13. The van der Waals surface area contributed by atoms with Crippen LogP contribution in [0.1, 0.15) is 47.2 Å². The van der Waals surface area contributed by atoms with E-state index < -0.39 is 5.41 Å². The molecule has 0 bridgehead atoms. The lowest BCUT2D eigenvalue weighted by Gasteiger charge is -2.33. The number of para-hydroxylation sites is 1. The maximum absolute atomic E-state index is 2.58. The van der Waals surface area contributed by atoms with Gasteiger partial charge in [-0.3, -0.25) is 0 Å². The third-order valence-corrected chi connectivity index (χ3v) is 12.3. The highest BCUT2D eigenvalue weighted by molar-refractivity contribution is 6.05. The molecule has 0 N–H and O–H groups in total. The van der Waals surface area contributed by atoms with E-state index in [4.69, 9.17) is 0 Å². The van der Waals surface area contributed by atoms with Gasteiger partial charge in [-0.2, -0.15) is 0 Å². The predicted molar refractivity (Wildman–Crippen MR) is 220 cm³/mol. The average Bonchev–Trinajstić information content (AvgIpc) is 3.78. The van der Waals surface area contributed by atoms with Gasteiger partial charge in [0, 0.05) is 22.1 Å². The van der Waals surface area contributed by atoms with E-state index in [1.54, 1.807) is 0 Å². The SMILES string of the molecule is CC1(C)c2ccccc2-c2c(N(c3ccccc3-c3ccccc3)c3cccc4c3-c3ccccc3C43c4ccccc4-c4ccccc43)cccc21. The first kappa shape index (κ1) is 30.2. The highest BCUT2D eigenvalue weighted by atomic mass is 15.2. The monoisotopic (exact) mass is 675 g/mol. The zero-order valence-corrected chi connectivity index (χ0v) is 29.8. The standard InChI is InChI=1S/C52H37N/c1-51(2)40-25-11-8-23-38(40)49-44(51)29-16-32-47(49)53(46-31-15-10-20-35(46)34-18-4-3-5-19-34)48-33-17-30-45-50(48)39-24-9-14-28-43(39)52(45)41-26-12-6-21-36(41)37-22-7-13-27-42(37)52/h3-33H,1-2H3. The zero-order valence-electron chi connectivity index (χ0n) is 29.8. The molecule has 1 spiro atoms. The first-order valence-electron chi connectivity index (χ1n) is 18.7. The largest absolute Gasteiger partial charge is 0.309 e. The molecular formula is C52H37N. The van der Waals surface area contributed by atoms with E-state index in [0.717, 1.165) is 5.69 Å². The van der Waals surface area contributed by atoms with E-state index in [2.05, 4.69) is 207 Å². The second-order valence-electron chi connectivity index (χ2n) is 15.2. The molecule has 0 radical (unpaired) electrons. The van der Waals surface area contributed by atoms with Crippen molar-refractivity contribution in [1.82, 2.24) is 0 Å². The van der Waals surface area contributed by atoms with Crippen LogP contribution in [0.4, 0.5) is 17.1 Å². The molecule has 0 fully saturated rings. The lowest BCUT2D eigenvalue weighted by atomic mass is 9.70. The van der Waals surface area contributed by atoms with Gasteiger partial charge in [-0.15, -0.1) is 0 Å². The Morgan fingerprint density at radius 3 is 1.32 bits per heavy atom. The minimum atomic E-state index is -0.424. The Bertz CT molecular complexity index is 2720. The number of hydrogen-bond acceptors (Lipinski definition) is 1. The van der Waals surface area contributed by atoms with Crippen molar-refractivity contribution in [3.8, 4) is 44.5 Å². The molecule has 53 heavy (non-hydrogen) atoms. The Hall–Kier alpha value is -6.44. The molecule has 3 aliphatic carbocycles. The van der Waals surface area contributed by atoms with Crippen LogP contribution in [0.25, 0.3) is 44.5 Å². The predicted octanol–water partition coefficient (Wildman–Crippen LogP) is 13.5. The van der Waals surface area contributed by atoms with E-state index in [9.17, 15) is 0 Å². The lowest BCUT2D eigenvalue weighted by molar-refractivity contribution is 0.660.